The Morgan fingerprint density at radius 3 is 2.39 bits per heavy atom. The maximum atomic E-state index is 13.1. The molecule has 0 radical (unpaired) electrons. The van der Waals surface area contributed by atoms with Gasteiger partial charge >= 0.3 is 0 Å². The Morgan fingerprint density at radius 1 is 1.22 bits per heavy atom. The topological polar surface area (TPSA) is 66.5 Å². The van der Waals surface area contributed by atoms with Gasteiger partial charge in [0.05, 0.1) is 11.8 Å². The molecule has 0 unspecified atom stereocenters. The monoisotopic (exact) mass is 316 g/mol. The van der Waals surface area contributed by atoms with Crippen molar-refractivity contribution < 1.29 is 18.8 Å². The number of hydrogen-bond donors (Lipinski definition) is 1. The summed E-state index contributed by atoms with van der Waals surface area (Å²) in [6.45, 7) is 1.37. The second-order valence-electron chi connectivity index (χ2n) is 5.93. The molecule has 2 aliphatic rings. The molecule has 1 N–H and O–H groups in total. The smallest absolute Gasteiger partial charge is 0.244 e. The highest BCUT2D eigenvalue weighted by molar-refractivity contribution is 6.08. The molecule has 5 nitrogen and oxygen atoms in total. The molecule has 1 aliphatic heterocycles. The van der Waals surface area contributed by atoms with E-state index in [4.69, 9.17) is 0 Å². The van der Waals surface area contributed by atoms with E-state index in [1.807, 2.05) is 12.2 Å². The molecule has 1 aliphatic carbocycles. The van der Waals surface area contributed by atoms with Crippen LogP contribution in [0.4, 0.5) is 10.1 Å². The molecule has 1 heterocycles. The van der Waals surface area contributed by atoms with Gasteiger partial charge in [0.15, 0.2) is 0 Å². The number of amides is 3. The molecule has 1 aromatic rings. The lowest BCUT2D eigenvalue weighted by molar-refractivity contribution is -0.142. The predicted octanol–water partition coefficient (Wildman–Crippen LogP) is 2.02. The molecule has 0 spiro atoms. The molecular formula is C17H17FN2O3. The number of imide groups is 1. The summed E-state index contributed by atoms with van der Waals surface area (Å²) in [5.74, 6) is -2.10. The highest BCUT2D eigenvalue weighted by atomic mass is 19.1. The minimum Gasteiger partial charge on any atom is -0.324 e. The molecule has 23 heavy (non-hydrogen) atoms. The quantitative estimate of drug-likeness (QED) is 0.685. The maximum Gasteiger partial charge on any atom is 0.244 e. The van der Waals surface area contributed by atoms with Gasteiger partial charge < -0.3 is 5.32 Å². The summed E-state index contributed by atoms with van der Waals surface area (Å²) in [6.07, 6.45) is 4.89. The summed E-state index contributed by atoms with van der Waals surface area (Å²) in [4.78, 5) is 37.8. The zero-order valence-corrected chi connectivity index (χ0v) is 12.7. The Balaban J connectivity index is 1.68. The summed E-state index contributed by atoms with van der Waals surface area (Å²) in [7, 11) is 0. The second kappa shape index (κ2) is 5.95. The zero-order valence-electron chi connectivity index (χ0n) is 12.7. The number of aryl methyl sites for hydroxylation is 1. The number of nitrogens with one attached hydrogen (secondary N) is 1. The standard InChI is InChI=1S/C17H17FN2O3/c1-10-8-11(18)6-7-14(10)19-15(21)9-20-16(22)12-4-2-3-5-13(12)17(20)23/h2-3,6-8,12-13H,4-5,9H2,1H3,(H,19,21)/t12-,13-/m0/s1. The average molecular weight is 316 g/mol. The van der Waals surface area contributed by atoms with E-state index in [-0.39, 0.29) is 36.0 Å². The van der Waals surface area contributed by atoms with Crippen molar-refractivity contribution in [3.05, 3.63) is 41.7 Å². The molecular weight excluding hydrogens is 299 g/mol. The van der Waals surface area contributed by atoms with Crippen molar-refractivity contribution in [1.82, 2.24) is 4.90 Å². The Morgan fingerprint density at radius 2 is 1.83 bits per heavy atom. The third-order valence-electron chi connectivity index (χ3n) is 4.36. The number of anilines is 1. The normalized spacial score (nSPS) is 23.1. The van der Waals surface area contributed by atoms with Gasteiger partial charge in [-0.3, -0.25) is 19.3 Å². The fourth-order valence-corrected chi connectivity index (χ4v) is 3.13. The number of allylic oxidation sites excluding steroid dienone is 2. The lowest BCUT2D eigenvalue weighted by atomic mass is 9.85. The molecule has 3 rings (SSSR count). The van der Waals surface area contributed by atoms with E-state index in [0.29, 0.717) is 24.1 Å². The molecule has 1 fully saturated rings. The Kier molecular flexibility index (Phi) is 3.98. The number of hydrogen-bond acceptors (Lipinski definition) is 3. The number of rotatable bonds is 3. The minimum absolute atomic E-state index is 0.282. The first-order chi connectivity index (χ1) is 11.0. The van der Waals surface area contributed by atoms with E-state index in [2.05, 4.69) is 5.32 Å². The number of fused-ring (bicyclic) bond motifs is 1. The van der Waals surface area contributed by atoms with E-state index in [9.17, 15) is 18.8 Å². The van der Waals surface area contributed by atoms with Gasteiger partial charge in [-0.15, -0.1) is 0 Å². The van der Waals surface area contributed by atoms with E-state index < -0.39 is 5.91 Å². The number of carbonyl (C=O) groups is 3. The van der Waals surface area contributed by atoms with Crippen molar-refractivity contribution in [1.29, 1.82) is 0 Å². The molecule has 0 saturated carbocycles. The second-order valence-corrected chi connectivity index (χ2v) is 5.93. The number of nitrogens with zero attached hydrogens (tertiary/aromatic N) is 1. The van der Waals surface area contributed by atoms with Crippen LogP contribution in [0, 0.1) is 24.6 Å². The molecule has 120 valence electrons. The van der Waals surface area contributed by atoms with E-state index in [1.165, 1.54) is 18.2 Å². The van der Waals surface area contributed by atoms with Crippen molar-refractivity contribution in [2.45, 2.75) is 19.8 Å². The summed E-state index contributed by atoms with van der Waals surface area (Å²) >= 11 is 0. The van der Waals surface area contributed by atoms with Crippen molar-refractivity contribution in [3.63, 3.8) is 0 Å². The van der Waals surface area contributed by atoms with Gasteiger partial charge in [0.2, 0.25) is 17.7 Å². The Bertz CT molecular complexity index is 688. The highest BCUT2D eigenvalue weighted by Gasteiger charge is 2.47. The molecule has 3 amide bonds. The van der Waals surface area contributed by atoms with Crippen LogP contribution in [0.25, 0.3) is 0 Å². The third-order valence-corrected chi connectivity index (χ3v) is 4.36. The Hall–Kier alpha value is -2.50. The average Bonchev–Trinajstić information content (AvgIpc) is 2.76. The van der Waals surface area contributed by atoms with E-state index in [1.54, 1.807) is 6.92 Å². The van der Waals surface area contributed by atoms with E-state index in [0.717, 1.165) is 4.90 Å². The molecule has 0 bridgehead atoms. The van der Waals surface area contributed by atoms with Gasteiger partial charge in [-0.2, -0.15) is 0 Å². The van der Waals surface area contributed by atoms with Crippen LogP contribution >= 0.6 is 0 Å². The van der Waals surface area contributed by atoms with Crippen LogP contribution in [0.5, 0.6) is 0 Å². The lowest BCUT2D eigenvalue weighted by Gasteiger charge is -2.15. The molecule has 1 aromatic carbocycles. The fourth-order valence-electron chi connectivity index (χ4n) is 3.13. The fraction of sp³-hybridized carbons (Fsp3) is 0.353. The molecule has 1 saturated heterocycles. The van der Waals surface area contributed by atoms with Gasteiger partial charge in [0.1, 0.15) is 12.4 Å². The number of halogens is 1. The first-order valence-electron chi connectivity index (χ1n) is 7.53. The summed E-state index contributed by atoms with van der Waals surface area (Å²) < 4.78 is 13.1. The van der Waals surface area contributed by atoms with Crippen molar-refractivity contribution >= 4 is 23.4 Å². The first kappa shape index (κ1) is 15.4. The number of benzene rings is 1. The van der Waals surface area contributed by atoms with Gasteiger partial charge in [-0.05, 0) is 43.5 Å². The van der Waals surface area contributed by atoms with Crippen LogP contribution in [0.3, 0.4) is 0 Å². The van der Waals surface area contributed by atoms with Crippen LogP contribution in [-0.4, -0.2) is 29.2 Å². The van der Waals surface area contributed by atoms with Crippen LogP contribution in [0.2, 0.25) is 0 Å². The van der Waals surface area contributed by atoms with Crippen molar-refractivity contribution in [3.8, 4) is 0 Å². The Labute approximate surface area is 133 Å². The largest absolute Gasteiger partial charge is 0.324 e. The van der Waals surface area contributed by atoms with Gasteiger partial charge in [0, 0.05) is 5.69 Å². The molecule has 0 aromatic heterocycles. The predicted molar refractivity (Wildman–Crippen MR) is 81.8 cm³/mol. The number of likely N-dealkylation sites (tertiary alicyclic amines) is 1. The van der Waals surface area contributed by atoms with Crippen LogP contribution < -0.4 is 5.32 Å². The zero-order chi connectivity index (χ0) is 16.6. The summed E-state index contributed by atoms with van der Waals surface area (Å²) in [6, 6.07) is 4.01. The summed E-state index contributed by atoms with van der Waals surface area (Å²) in [5.41, 5.74) is 1.05. The van der Waals surface area contributed by atoms with Crippen LogP contribution in [0.15, 0.2) is 30.4 Å². The maximum absolute atomic E-state index is 13.1. The van der Waals surface area contributed by atoms with Crippen molar-refractivity contribution in [2.24, 2.45) is 11.8 Å². The minimum atomic E-state index is -0.465. The highest BCUT2D eigenvalue weighted by Crippen LogP contribution is 2.34. The van der Waals surface area contributed by atoms with Gasteiger partial charge in [-0.1, -0.05) is 12.2 Å². The molecule has 2 atom stereocenters. The van der Waals surface area contributed by atoms with E-state index >= 15 is 0 Å². The van der Waals surface area contributed by atoms with Crippen molar-refractivity contribution in [2.75, 3.05) is 11.9 Å². The van der Waals surface area contributed by atoms with Gasteiger partial charge in [-0.25, -0.2) is 4.39 Å². The molecule has 6 heteroatoms. The first-order valence-corrected chi connectivity index (χ1v) is 7.53. The third kappa shape index (κ3) is 2.88. The number of carbonyl (C=O) groups excluding carboxylic acids is 3. The van der Waals surface area contributed by atoms with Crippen LogP contribution in [-0.2, 0) is 14.4 Å². The van der Waals surface area contributed by atoms with Crippen LogP contribution in [0.1, 0.15) is 18.4 Å². The SMILES string of the molecule is Cc1cc(F)ccc1NC(=O)CN1C(=O)[C@H]2CC=CC[C@@H]2C1=O. The summed E-state index contributed by atoms with van der Waals surface area (Å²) in [5, 5.41) is 2.62. The van der Waals surface area contributed by atoms with Gasteiger partial charge in [0.25, 0.3) is 0 Å². The lowest BCUT2D eigenvalue weighted by Crippen LogP contribution is -2.38.